The fraction of sp³-hybridized carbons (Fsp3) is 0.467. The van der Waals surface area contributed by atoms with Crippen molar-refractivity contribution >= 4 is 12.4 Å². The highest BCUT2D eigenvalue weighted by Gasteiger charge is 2.19. The van der Waals surface area contributed by atoms with E-state index >= 15 is 0 Å². The quantitative estimate of drug-likeness (QED) is 0.646. The van der Waals surface area contributed by atoms with Crippen molar-refractivity contribution < 1.29 is 14.3 Å². The highest BCUT2D eigenvalue weighted by atomic mass is 16.5. The summed E-state index contributed by atoms with van der Waals surface area (Å²) >= 11 is 0. The Morgan fingerprint density at radius 2 is 2.10 bits per heavy atom. The SMILES string of the molecule is Cc1cccc(OCCNC(=O)N2CCN(C=O)CC2)c1. The second-order valence-corrected chi connectivity index (χ2v) is 5.03. The van der Waals surface area contributed by atoms with E-state index in [4.69, 9.17) is 4.74 Å². The first-order valence-corrected chi connectivity index (χ1v) is 7.10. The van der Waals surface area contributed by atoms with Gasteiger partial charge >= 0.3 is 6.03 Å². The summed E-state index contributed by atoms with van der Waals surface area (Å²) in [5.74, 6) is 0.809. The van der Waals surface area contributed by atoms with Gasteiger partial charge in [-0.25, -0.2) is 4.79 Å². The predicted octanol–water partition coefficient (Wildman–Crippen LogP) is 0.857. The van der Waals surface area contributed by atoms with E-state index in [1.165, 1.54) is 0 Å². The van der Waals surface area contributed by atoms with Crippen LogP contribution in [-0.4, -0.2) is 61.6 Å². The van der Waals surface area contributed by atoms with Gasteiger partial charge in [0.1, 0.15) is 12.4 Å². The smallest absolute Gasteiger partial charge is 0.317 e. The van der Waals surface area contributed by atoms with Crippen LogP contribution in [0.25, 0.3) is 0 Å². The predicted molar refractivity (Wildman–Crippen MR) is 79.3 cm³/mol. The van der Waals surface area contributed by atoms with Gasteiger partial charge in [-0.05, 0) is 24.6 Å². The highest BCUT2D eigenvalue weighted by Crippen LogP contribution is 2.11. The third kappa shape index (κ3) is 4.66. The van der Waals surface area contributed by atoms with Gasteiger partial charge in [-0.2, -0.15) is 0 Å². The van der Waals surface area contributed by atoms with Gasteiger partial charge in [0, 0.05) is 26.2 Å². The van der Waals surface area contributed by atoms with Gasteiger partial charge in [-0.3, -0.25) is 4.79 Å². The molecule has 1 heterocycles. The van der Waals surface area contributed by atoms with Crippen LogP contribution in [0.4, 0.5) is 4.79 Å². The molecule has 0 bridgehead atoms. The van der Waals surface area contributed by atoms with Gasteiger partial charge in [-0.1, -0.05) is 12.1 Å². The van der Waals surface area contributed by atoms with Crippen LogP contribution in [0.1, 0.15) is 5.56 Å². The zero-order chi connectivity index (χ0) is 15.1. The Bertz CT molecular complexity index is 485. The lowest BCUT2D eigenvalue weighted by Crippen LogP contribution is -2.51. The molecule has 1 fully saturated rings. The van der Waals surface area contributed by atoms with E-state index in [9.17, 15) is 9.59 Å². The highest BCUT2D eigenvalue weighted by molar-refractivity contribution is 5.74. The molecule has 0 saturated carbocycles. The van der Waals surface area contributed by atoms with Crippen LogP contribution in [0.2, 0.25) is 0 Å². The van der Waals surface area contributed by atoms with Crippen molar-refractivity contribution in [3.8, 4) is 5.75 Å². The Kier molecular flexibility index (Phi) is 5.43. The maximum absolute atomic E-state index is 11.9. The van der Waals surface area contributed by atoms with E-state index in [-0.39, 0.29) is 6.03 Å². The van der Waals surface area contributed by atoms with Crippen molar-refractivity contribution in [3.05, 3.63) is 29.8 Å². The van der Waals surface area contributed by atoms with E-state index in [1.54, 1.807) is 9.80 Å². The maximum Gasteiger partial charge on any atom is 0.317 e. The molecule has 0 aliphatic carbocycles. The molecular weight excluding hydrogens is 270 g/mol. The Balaban J connectivity index is 1.64. The van der Waals surface area contributed by atoms with Crippen LogP contribution in [-0.2, 0) is 4.79 Å². The second kappa shape index (κ2) is 7.52. The van der Waals surface area contributed by atoms with Gasteiger partial charge in [0.25, 0.3) is 0 Å². The summed E-state index contributed by atoms with van der Waals surface area (Å²) in [6, 6.07) is 7.70. The van der Waals surface area contributed by atoms with Gasteiger partial charge in [-0.15, -0.1) is 0 Å². The molecule has 1 aromatic rings. The van der Waals surface area contributed by atoms with Gasteiger partial charge in [0.05, 0.1) is 6.54 Å². The van der Waals surface area contributed by atoms with Crippen LogP contribution in [0.3, 0.4) is 0 Å². The summed E-state index contributed by atoms with van der Waals surface area (Å²) < 4.78 is 5.57. The topological polar surface area (TPSA) is 61.9 Å². The molecule has 2 rings (SSSR count). The lowest BCUT2D eigenvalue weighted by molar-refractivity contribution is -0.119. The van der Waals surface area contributed by atoms with E-state index in [2.05, 4.69) is 5.32 Å². The molecule has 1 aliphatic rings. The molecule has 6 heteroatoms. The first-order chi connectivity index (χ1) is 10.2. The largest absolute Gasteiger partial charge is 0.492 e. The molecule has 0 spiro atoms. The third-order valence-corrected chi connectivity index (χ3v) is 3.39. The van der Waals surface area contributed by atoms with E-state index in [0.29, 0.717) is 39.3 Å². The normalized spacial score (nSPS) is 14.7. The van der Waals surface area contributed by atoms with Gasteiger partial charge in [0.15, 0.2) is 0 Å². The van der Waals surface area contributed by atoms with E-state index in [0.717, 1.165) is 17.7 Å². The van der Waals surface area contributed by atoms with Crippen molar-refractivity contribution in [2.75, 3.05) is 39.3 Å². The minimum Gasteiger partial charge on any atom is -0.492 e. The van der Waals surface area contributed by atoms with Crippen molar-refractivity contribution in [3.63, 3.8) is 0 Å². The second-order valence-electron chi connectivity index (χ2n) is 5.03. The summed E-state index contributed by atoms with van der Waals surface area (Å²) in [6.07, 6.45) is 0.824. The Morgan fingerprint density at radius 3 is 2.76 bits per heavy atom. The molecule has 1 aliphatic heterocycles. The molecule has 1 saturated heterocycles. The number of urea groups is 1. The fourth-order valence-corrected chi connectivity index (χ4v) is 2.17. The fourth-order valence-electron chi connectivity index (χ4n) is 2.17. The lowest BCUT2D eigenvalue weighted by atomic mass is 10.2. The number of carbonyl (C=O) groups excluding carboxylic acids is 2. The van der Waals surface area contributed by atoms with Crippen molar-refractivity contribution in [2.45, 2.75) is 6.92 Å². The number of benzene rings is 1. The molecule has 0 aromatic heterocycles. The molecule has 0 unspecified atom stereocenters. The summed E-state index contributed by atoms with van der Waals surface area (Å²) in [4.78, 5) is 25.9. The molecule has 21 heavy (non-hydrogen) atoms. The van der Waals surface area contributed by atoms with Gasteiger partial charge in [0.2, 0.25) is 6.41 Å². The number of amides is 3. The number of nitrogens with one attached hydrogen (secondary N) is 1. The average molecular weight is 291 g/mol. The van der Waals surface area contributed by atoms with Gasteiger partial charge < -0.3 is 19.9 Å². The van der Waals surface area contributed by atoms with Crippen LogP contribution in [0.15, 0.2) is 24.3 Å². The van der Waals surface area contributed by atoms with Crippen molar-refractivity contribution in [1.82, 2.24) is 15.1 Å². The third-order valence-electron chi connectivity index (χ3n) is 3.39. The number of ether oxygens (including phenoxy) is 1. The molecule has 3 amide bonds. The Hall–Kier alpha value is -2.24. The first kappa shape index (κ1) is 15.2. The zero-order valence-corrected chi connectivity index (χ0v) is 12.2. The summed E-state index contributed by atoms with van der Waals surface area (Å²) in [6.45, 7) is 5.23. The molecule has 0 atom stereocenters. The number of hydrogen-bond donors (Lipinski definition) is 1. The van der Waals surface area contributed by atoms with E-state index in [1.807, 2.05) is 31.2 Å². The van der Waals surface area contributed by atoms with Crippen LogP contribution in [0.5, 0.6) is 5.75 Å². The number of nitrogens with zero attached hydrogens (tertiary/aromatic N) is 2. The van der Waals surface area contributed by atoms with Crippen LogP contribution in [0, 0.1) is 6.92 Å². The van der Waals surface area contributed by atoms with E-state index < -0.39 is 0 Å². The monoisotopic (exact) mass is 291 g/mol. The standard InChI is InChI=1S/C15H21N3O3/c1-13-3-2-4-14(11-13)21-10-5-16-15(20)18-8-6-17(12-19)7-9-18/h2-4,11-12H,5-10H2,1H3,(H,16,20). The Morgan fingerprint density at radius 1 is 1.33 bits per heavy atom. The summed E-state index contributed by atoms with van der Waals surface area (Å²) in [5.41, 5.74) is 1.14. The lowest BCUT2D eigenvalue weighted by Gasteiger charge is -2.32. The number of carbonyl (C=O) groups is 2. The molecule has 6 nitrogen and oxygen atoms in total. The summed E-state index contributed by atoms with van der Waals surface area (Å²) in [5, 5.41) is 2.83. The van der Waals surface area contributed by atoms with Crippen molar-refractivity contribution in [2.24, 2.45) is 0 Å². The van der Waals surface area contributed by atoms with Crippen LogP contribution < -0.4 is 10.1 Å². The maximum atomic E-state index is 11.9. The number of aryl methyl sites for hydroxylation is 1. The number of hydrogen-bond acceptors (Lipinski definition) is 3. The minimum absolute atomic E-state index is 0.103. The molecule has 0 radical (unpaired) electrons. The molecule has 114 valence electrons. The molecule has 1 aromatic carbocycles. The van der Waals surface area contributed by atoms with Crippen LogP contribution >= 0.6 is 0 Å². The Labute approximate surface area is 124 Å². The first-order valence-electron chi connectivity index (χ1n) is 7.10. The number of piperazine rings is 1. The molecule has 1 N–H and O–H groups in total. The minimum atomic E-state index is -0.103. The summed E-state index contributed by atoms with van der Waals surface area (Å²) in [7, 11) is 0. The molecular formula is C15H21N3O3. The van der Waals surface area contributed by atoms with Crippen molar-refractivity contribution in [1.29, 1.82) is 0 Å². The average Bonchev–Trinajstić information content (AvgIpc) is 2.51. The number of rotatable bonds is 5. The zero-order valence-electron chi connectivity index (χ0n) is 12.2.